The minimum atomic E-state index is -3.03. The number of allylic oxidation sites excluding steroid dienone is 1. The number of fused-ring (bicyclic) bond motifs is 1. The molecule has 0 aliphatic heterocycles. The normalized spacial score (nSPS) is 12.9. The van der Waals surface area contributed by atoms with Crippen LogP contribution in [0.4, 0.5) is 14.5 Å². The van der Waals surface area contributed by atoms with E-state index in [1.165, 1.54) is 12.3 Å². The standard InChI is InChI=1S/C28H25F2N3O2/c1-27(2,35)9-8-19-10-21-13-22(15-32-25(21)11-19)20-6-4-18(5-7-20)12-26(34)33-24-14-23(16-31-17-24)28(3,29)30/h4-7,10,13-17,35H,11-12H2,1-3H3,(H,33,34). The van der Waals surface area contributed by atoms with Gasteiger partial charge in [-0.3, -0.25) is 14.8 Å². The minimum absolute atomic E-state index is 0.0986. The summed E-state index contributed by atoms with van der Waals surface area (Å²) in [5.41, 5.74) is 4.47. The Kier molecular flexibility index (Phi) is 6.51. The number of benzene rings is 1. The summed E-state index contributed by atoms with van der Waals surface area (Å²) in [6.45, 7) is 4.08. The zero-order valence-corrected chi connectivity index (χ0v) is 19.7. The molecule has 0 bridgehead atoms. The van der Waals surface area contributed by atoms with Crippen molar-refractivity contribution in [3.05, 3.63) is 82.9 Å². The molecule has 0 saturated carbocycles. The van der Waals surface area contributed by atoms with Crippen molar-refractivity contribution in [3.63, 3.8) is 0 Å². The fourth-order valence-corrected chi connectivity index (χ4v) is 3.63. The Bertz CT molecular complexity index is 1360. The van der Waals surface area contributed by atoms with Crippen molar-refractivity contribution in [2.24, 2.45) is 0 Å². The summed E-state index contributed by atoms with van der Waals surface area (Å²) in [6.07, 6.45) is 6.96. The molecule has 2 N–H and O–H groups in total. The molecule has 5 nitrogen and oxygen atoms in total. The summed E-state index contributed by atoms with van der Waals surface area (Å²) >= 11 is 0. The molecule has 7 heteroatoms. The predicted molar refractivity (Wildman–Crippen MR) is 132 cm³/mol. The molecule has 35 heavy (non-hydrogen) atoms. The Balaban J connectivity index is 1.42. The van der Waals surface area contributed by atoms with Crippen molar-refractivity contribution in [1.29, 1.82) is 0 Å². The van der Waals surface area contributed by atoms with Gasteiger partial charge < -0.3 is 10.4 Å². The number of nitrogens with zero attached hydrogens (tertiary/aromatic N) is 2. The van der Waals surface area contributed by atoms with Gasteiger partial charge in [0.1, 0.15) is 5.60 Å². The molecule has 0 fully saturated rings. The molecule has 0 unspecified atom stereocenters. The summed E-state index contributed by atoms with van der Waals surface area (Å²) in [6, 6.07) is 10.8. The van der Waals surface area contributed by atoms with Crippen LogP contribution in [0.1, 0.15) is 43.2 Å². The molecule has 0 saturated heterocycles. The smallest absolute Gasteiger partial charge is 0.272 e. The molecule has 178 valence electrons. The number of anilines is 1. The van der Waals surface area contributed by atoms with Crippen LogP contribution in [0.3, 0.4) is 0 Å². The van der Waals surface area contributed by atoms with Gasteiger partial charge in [0.25, 0.3) is 5.92 Å². The van der Waals surface area contributed by atoms with Crippen LogP contribution in [0.5, 0.6) is 0 Å². The number of alkyl halides is 2. The molecule has 3 aromatic rings. The molecule has 1 aliphatic carbocycles. The van der Waals surface area contributed by atoms with E-state index in [1.54, 1.807) is 13.8 Å². The summed E-state index contributed by atoms with van der Waals surface area (Å²) in [4.78, 5) is 20.8. The van der Waals surface area contributed by atoms with Gasteiger partial charge in [-0.1, -0.05) is 36.1 Å². The van der Waals surface area contributed by atoms with E-state index in [4.69, 9.17) is 0 Å². The highest BCUT2D eigenvalue weighted by atomic mass is 19.3. The first-order valence-electron chi connectivity index (χ1n) is 11.1. The van der Waals surface area contributed by atoms with Gasteiger partial charge in [-0.05, 0) is 48.7 Å². The lowest BCUT2D eigenvalue weighted by Crippen LogP contribution is -2.15. The highest BCUT2D eigenvalue weighted by Gasteiger charge is 2.25. The summed E-state index contributed by atoms with van der Waals surface area (Å²) in [5.74, 6) is 2.50. The van der Waals surface area contributed by atoms with Gasteiger partial charge >= 0.3 is 0 Å². The number of hydrogen-bond acceptors (Lipinski definition) is 4. The third-order valence-corrected chi connectivity index (χ3v) is 5.40. The van der Waals surface area contributed by atoms with E-state index >= 15 is 0 Å². The summed E-state index contributed by atoms with van der Waals surface area (Å²) in [5, 5.41) is 12.4. The Labute approximate surface area is 203 Å². The lowest BCUT2D eigenvalue weighted by atomic mass is 10.0. The van der Waals surface area contributed by atoms with E-state index < -0.39 is 11.5 Å². The van der Waals surface area contributed by atoms with E-state index in [0.29, 0.717) is 6.42 Å². The van der Waals surface area contributed by atoms with Crippen LogP contribution < -0.4 is 5.32 Å². The third kappa shape index (κ3) is 6.37. The summed E-state index contributed by atoms with van der Waals surface area (Å²) in [7, 11) is 0. The monoisotopic (exact) mass is 473 g/mol. The highest BCUT2D eigenvalue weighted by molar-refractivity contribution is 5.92. The van der Waals surface area contributed by atoms with Gasteiger partial charge in [0.2, 0.25) is 5.91 Å². The number of carbonyl (C=O) groups is 1. The predicted octanol–water partition coefficient (Wildman–Crippen LogP) is 5.15. The molecular weight excluding hydrogens is 448 g/mol. The molecule has 4 rings (SSSR count). The van der Waals surface area contributed by atoms with Crippen molar-refractivity contribution in [1.82, 2.24) is 9.97 Å². The maximum absolute atomic E-state index is 13.5. The lowest BCUT2D eigenvalue weighted by molar-refractivity contribution is -0.115. The number of carbonyl (C=O) groups excluding carboxylic acids is 1. The number of pyridine rings is 2. The molecule has 0 spiro atoms. The first-order chi connectivity index (χ1) is 16.5. The number of hydrogen-bond donors (Lipinski definition) is 2. The van der Waals surface area contributed by atoms with E-state index in [-0.39, 0.29) is 23.6 Å². The highest BCUT2D eigenvalue weighted by Crippen LogP contribution is 2.29. The van der Waals surface area contributed by atoms with E-state index in [0.717, 1.165) is 46.6 Å². The van der Waals surface area contributed by atoms with Gasteiger partial charge in [-0.2, -0.15) is 0 Å². The van der Waals surface area contributed by atoms with E-state index in [9.17, 15) is 18.7 Å². The second-order valence-corrected chi connectivity index (χ2v) is 9.19. The summed E-state index contributed by atoms with van der Waals surface area (Å²) < 4.78 is 27.0. The second-order valence-electron chi connectivity index (χ2n) is 9.19. The fraction of sp³-hybridized carbons (Fsp3) is 0.250. The van der Waals surface area contributed by atoms with Crippen molar-refractivity contribution < 1.29 is 18.7 Å². The second kappa shape index (κ2) is 9.40. The minimum Gasteiger partial charge on any atom is -0.378 e. The molecule has 1 aliphatic rings. The van der Waals surface area contributed by atoms with Gasteiger partial charge in [-0.25, -0.2) is 8.78 Å². The van der Waals surface area contributed by atoms with Crippen molar-refractivity contribution >= 4 is 17.7 Å². The molecule has 1 amide bonds. The average molecular weight is 474 g/mol. The number of rotatable bonds is 5. The first kappa shape index (κ1) is 24.2. The van der Waals surface area contributed by atoms with Gasteiger partial charge in [0.15, 0.2) is 0 Å². The van der Waals surface area contributed by atoms with Crippen LogP contribution in [0.2, 0.25) is 0 Å². The zero-order chi connectivity index (χ0) is 25.2. The van der Waals surface area contributed by atoms with Crippen LogP contribution in [0, 0.1) is 11.8 Å². The average Bonchev–Trinajstić information content (AvgIpc) is 3.20. The quantitative estimate of drug-likeness (QED) is 0.503. The number of aliphatic hydroxyl groups is 1. The van der Waals surface area contributed by atoms with Crippen LogP contribution >= 0.6 is 0 Å². The molecule has 2 heterocycles. The van der Waals surface area contributed by atoms with Crippen LogP contribution in [-0.2, 0) is 23.6 Å². The first-order valence-corrected chi connectivity index (χ1v) is 11.1. The van der Waals surface area contributed by atoms with Gasteiger partial charge in [0, 0.05) is 42.4 Å². The molecule has 1 aromatic carbocycles. The molecular formula is C28H25F2N3O2. The lowest BCUT2D eigenvalue weighted by Gasteiger charge is -2.12. The SMILES string of the molecule is CC(C)(O)C#CC1=Cc2cc(-c3ccc(CC(=O)Nc4cncc(C(C)(F)F)c4)cc3)cnc2C1. The zero-order valence-electron chi connectivity index (χ0n) is 19.7. The Morgan fingerprint density at radius 1 is 1.09 bits per heavy atom. The van der Waals surface area contributed by atoms with Gasteiger partial charge in [0.05, 0.1) is 24.0 Å². The van der Waals surface area contributed by atoms with Crippen LogP contribution in [-0.4, -0.2) is 26.6 Å². The topological polar surface area (TPSA) is 75.1 Å². The number of halogens is 2. The van der Waals surface area contributed by atoms with E-state index in [1.807, 2.05) is 42.6 Å². The Morgan fingerprint density at radius 2 is 1.83 bits per heavy atom. The van der Waals surface area contributed by atoms with Crippen molar-refractivity contribution in [2.75, 3.05) is 5.32 Å². The number of aromatic nitrogens is 2. The maximum atomic E-state index is 13.5. The fourth-order valence-electron chi connectivity index (χ4n) is 3.63. The Hall–Kier alpha value is -3.89. The number of nitrogens with one attached hydrogen (secondary N) is 1. The molecule has 2 aromatic heterocycles. The maximum Gasteiger partial charge on any atom is 0.272 e. The largest absolute Gasteiger partial charge is 0.378 e. The molecule has 0 atom stereocenters. The number of amides is 1. The third-order valence-electron chi connectivity index (χ3n) is 5.40. The molecule has 0 radical (unpaired) electrons. The van der Waals surface area contributed by atoms with Crippen LogP contribution in [0.15, 0.2) is 60.6 Å². The Morgan fingerprint density at radius 3 is 2.51 bits per heavy atom. The van der Waals surface area contributed by atoms with Crippen molar-refractivity contribution in [3.8, 4) is 23.0 Å². The van der Waals surface area contributed by atoms with E-state index in [2.05, 4.69) is 27.1 Å². The van der Waals surface area contributed by atoms with Gasteiger partial charge in [-0.15, -0.1) is 0 Å². The van der Waals surface area contributed by atoms with Crippen LogP contribution in [0.25, 0.3) is 17.2 Å². The van der Waals surface area contributed by atoms with Crippen molar-refractivity contribution in [2.45, 2.75) is 45.1 Å².